The zero-order valence-corrected chi connectivity index (χ0v) is 14.9. The molecule has 0 bridgehead atoms. The molecule has 22 heavy (non-hydrogen) atoms. The fraction of sp³-hybridized carbons (Fsp3) is 0.850. The quantitative estimate of drug-likeness (QED) is 0.457. The lowest BCUT2D eigenvalue weighted by Gasteiger charge is -2.48. The fourth-order valence-electron chi connectivity index (χ4n) is 4.88. The molecule has 2 aliphatic rings. The first-order chi connectivity index (χ1) is 10.5. The molecule has 0 aromatic carbocycles. The smallest absolute Gasteiger partial charge is 0.333 e. The summed E-state index contributed by atoms with van der Waals surface area (Å²) in [6.45, 7) is 10.0. The van der Waals surface area contributed by atoms with Crippen LogP contribution in [-0.2, 0) is 9.53 Å². The van der Waals surface area contributed by atoms with E-state index in [1.807, 2.05) is 0 Å². The van der Waals surface area contributed by atoms with Crippen LogP contribution in [0.2, 0.25) is 0 Å². The second-order valence-electron chi connectivity index (χ2n) is 7.84. The summed E-state index contributed by atoms with van der Waals surface area (Å²) in [6.07, 6.45) is 13.6. The fourth-order valence-corrected chi connectivity index (χ4v) is 4.88. The van der Waals surface area contributed by atoms with Gasteiger partial charge in [-0.15, -0.1) is 0 Å². The van der Waals surface area contributed by atoms with E-state index in [0.717, 1.165) is 32.1 Å². The maximum absolute atomic E-state index is 12.2. The minimum atomic E-state index is -0.228. The van der Waals surface area contributed by atoms with Crippen LogP contribution in [0.25, 0.3) is 0 Å². The molecule has 0 aliphatic heterocycles. The average Bonchev–Trinajstić information content (AvgIpc) is 2.96. The normalized spacial score (nSPS) is 24.1. The third-order valence-electron chi connectivity index (χ3n) is 6.34. The van der Waals surface area contributed by atoms with Crippen LogP contribution in [0.1, 0.15) is 91.4 Å². The van der Waals surface area contributed by atoms with Gasteiger partial charge in [0, 0.05) is 5.57 Å². The summed E-state index contributed by atoms with van der Waals surface area (Å²) in [4.78, 5) is 12.2. The lowest BCUT2D eigenvalue weighted by atomic mass is 9.63. The SMILES string of the molecule is C=C(C)C(=O)OC1(C(CC)CCC)CCC2(CCCC2)CC1. The molecule has 126 valence electrons. The van der Waals surface area contributed by atoms with Gasteiger partial charge in [0.25, 0.3) is 0 Å². The molecule has 2 aliphatic carbocycles. The highest BCUT2D eigenvalue weighted by Crippen LogP contribution is 2.54. The third kappa shape index (κ3) is 3.58. The van der Waals surface area contributed by atoms with E-state index in [1.165, 1.54) is 38.5 Å². The van der Waals surface area contributed by atoms with E-state index >= 15 is 0 Å². The van der Waals surface area contributed by atoms with Gasteiger partial charge in [0.05, 0.1) is 0 Å². The molecule has 0 aromatic rings. The Bertz CT molecular complexity index is 394. The van der Waals surface area contributed by atoms with Crippen molar-refractivity contribution in [3.8, 4) is 0 Å². The first kappa shape index (κ1) is 17.6. The van der Waals surface area contributed by atoms with Gasteiger partial charge < -0.3 is 4.74 Å². The number of hydrogen-bond donors (Lipinski definition) is 0. The van der Waals surface area contributed by atoms with Gasteiger partial charge in [-0.05, 0) is 69.6 Å². The van der Waals surface area contributed by atoms with Gasteiger partial charge in [-0.1, -0.05) is 39.7 Å². The minimum absolute atomic E-state index is 0.183. The van der Waals surface area contributed by atoms with Crippen LogP contribution >= 0.6 is 0 Å². The molecule has 2 fully saturated rings. The predicted octanol–water partition coefficient (Wildman–Crippen LogP) is 5.81. The summed E-state index contributed by atoms with van der Waals surface area (Å²) in [5.74, 6) is 0.316. The van der Waals surface area contributed by atoms with Crippen molar-refractivity contribution in [2.75, 3.05) is 0 Å². The Morgan fingerprint density at radius 3 is 2.14 bits per heavy atom. The first-order valence-corrected chi connectivity index (χ1v) is 9.36. The van der Waals surface area contributed by atoms with Crippen LogP contribution in [0.15, 0.2) is 12.2 Å². The number of carbonyl (C=O) groups is 1. The zero-order chi connectivity index (χ0) is 16.2. The van der Waals surface area contributed by atoms with Crippen LogP contribution in [0.5, 0.6) is 0 Å². The molecule has 0 N–H and O–H groups in total. The highest BCUT2D eigenvalue weighted by molar-refractivity contribution is 5.87. The van der Waals surface area contributed by atoms with Crippen LogP contribution in [0.4, 0.5) is 0 Å². The molecule has 0 radical (unpaired) electrons. The Hall–Kier alpha value is -0.790. The van der Waals surface area contributed by atoms with E-state index < -0.39 is 0 Å². The van der Waals surface area contributed by atoms with Crippen LogP contribution in [0, 0.1) is 11.3 Å². The molecule has 2 rings (SSSR count). The summed E-state index contributed by atoms with van der Waals surface area (Å²) >= 11 is 0. The lowest BCUT2D eigenvalue weighted by Crippen LogP contribution is -2.47. The van der Waals surface area contributed by atoms with Gasteiger partial charge in [-0.3, -0.25) is 0 Å². The van der Waals surface area contributed by atoms with Crippen molar-refractivity contribution in [2.24, 2.45) is 11.3 Å². The second-order valence-corrected chi connectivity index (χ2v) is 7.84. The Balaban J connectivity index is 2.15. The maximum atomic E-state index is 12.2. The van der Waals surface area contributed by atoms with Gasteiger partial charge in [0.2, 0.25) is 0 Å². The summed E-state index contributed by atoms with van der Waals surface area (Å²) in [6, 6.07) is 0. The van der Waals surface area contributed by atoms with Gasteiger partial charge >= 0.3 is 5.97 Å². The van der Waals surface area contributed by atoms with Crippen molar-refractivity contribution in [1.29, 1.82) is 0 Å². The Labute approximate surface area is 136 Å². The van der Waals surface area contributed by atoms with Crippen molar-refractivity contribution < 1.29 is 9.53 Å². The number of hydrogen-bond acceptors (Lipinski definition) is 2. The second kappa shape index (κ2) is 7.19. The monoisotopic (exact) mass is 306 g/mol. The van der Waals surface area contributed by atoms with Crippen molar-refractivity contribution >= 4 is 5.97 Å². The Morgan fingerprint density at radius 2 is 1.68 bits per heavy atom. The molecule has 1 spiro atoms. The van der Waals surface area contributed by atoms with Gasteiger partial charge in [0.15, 0.2) is 0 Å². The van der Waals surface area contributed by atoms with Crippen LogP contribution < -0.4 is 0 Å². The molecule has 1 atom stereocenters. The van der Waals surface area contributed by atoms with E-state index in [9.17, 15) is 4.79 Å². The van der Waals surface area contributed by atoms with Crippen molar-refractivity contribution in [3.05, 3.63) is 12.2 Å². The van der Waals surface area contributed by atoms with E-state index in [2.05, 4.69) is 20.4 Å². The van der Waals surface area contributed by atoms with E-state index in [4.69, 9.17) is 4.74 Å². The van der Waals surface area contributed by atoms with Crippen molar-refractivity contribution in [3.63, 3.8) is 0 Å². The van der Waals surface area contributed by atoms with Gasteiger partial charge in [-0.2, -0.15) is 0 Å². The number of carbonyl (C=O) groups excluding carboxylic acids is 1. The Morgan fingerprint density at radius 1 is 1.09 bits per heavy atom. The molecule has 0 aromatic heterocycles. The van der Waals surface area contributed by atoms with E-state index in [0.29, 0.717) is 16.9 Å². The Kier molecular flexibility index (Phi) is 5.74. The maximum Gasteiger partial charge on any atom is 0.333 e. The average molecular weight is 306 g/mol. The molecule has 2 saturated carbocycles. The largest absolute Gasteiger partial charge is 0.455 e. The highest BCUT2D eigenvalue weighted by atomic mass is 16.6. The predicted molar refractivity (Wildman–Crippen MR) is 91.7 cm³/mol. The summed E-state index contributed by atoms with van der Waals surface area (Å²) in [7, 11) is 0. The summed E-state index contributed by atoms with van der Waals surface area (Å²) < 4.78 is 6.11. The van der Waals surface area contributed by atoms with Gasteiger partial charge in [0.1, 0.15) is 5.60 Å². The number of ether oxygens (including phenoxy) is 1. The van der Waals surface area contributed by atoms with Gasteiger partial charge in [-0.25, -0.2) is 4.79 Å². The first-order valence-electron chi connectivity index (χ1n) is 9.36. The molecule has 2 heteroatoms. The van der Waals surface area contributed by atoms with Crippen LogP contribution in [0.3, 0.4) is 0 Å². The highest BCUT2D eigenvalue weighted by Gasteiger charge is 2.49. The topological polar surface area (TPSA) is 26.3 Å². The van der Waals surface area contributed by atoms with E-state index in [-0.39, 0.29) is 11.6 Å². The standard InChI is InChI=1S/C20H34O2/c1-5-9-17(6-2)20(22-18(21)16(3)4)14-12-19(13-15-20)10-7-8-11-19/h17H,3,5-15H2,1-2,4H3. The van der Waals surface area contributed by atoms with E-state index in [1.54, 1.807) is 6.92 Å². The molecule has 0 amide bonds. The van der Waals surface area contributed by atoms with Crippen LogP contribution in [-0.4, -0.2) is 11.6 Å². The molecular formula is C20H34O2. The zero-order valence-electron chi connectivity index (χ0n) is 14.9. The number of esters is 1. The third-order valence-corrected chi connectivity index (χ3v) is 6.34. The molecular weight excluding hydrogens is 272 g/mol. The summed E-state index contributed by atoms with van der Waals surface area (Å²) in [5, 5.41) is 0. The summed E-state index contributed by atoms with van der Waals surface area (Å²) in [5.41, 5.74) is 0.880. The molecule has 0 heterocycles. The molecule has 1 unspecified atom stereocenters. The van der Waals surface area contributed by atoms with Crippen molar-refractivity contribution in [2.45, 2.75) is 97.0 Å². The lowest BCUT2D eigenvalue weighted by molar-refractivity contribution is -0.171. The minimum Gasteiger partial charge on any atom is -0.455 e. The van der Waals surface area contributed by atoms with Crippen molar-refractivity contribution in [1.82, 2.24) is 0 Å². The number of rotatable bonds is 6. The molecule has 2 nitrogen and oxygen atoms in total. The molecule has 0 saturated heterocycles.